The minimum atomic E-state index is -1.14. The van der Waals surface area contributed by atoms with Crippen LogP contribution < -0.4 is 4.74 Å². The zero-order chi connectivity index (χ0) is 17.6. The number of hydrogen-bond donors (Lipinski definition) is 0. The van der Waals surface area contributed by atoms with Gasteiger partial charge in [-0.05, 0) is 18.2 Å². The first-order valence-corrected chi connectivity index (χ1v) is 11.8. The Morgan fingerprint density at radius 1 is 1.29 bits per heavy atom. The molecule has 1 heterocycles. The number of ether oxygens (including phenoxy) is 2. The maximum absolute atomic E-state index is 10.9. The highest BCUT2D eigenvalue weighted by Crippen LogP contribution is 2.23. The summed E-state index contributed by atoms with van der Waals surface area (Å²) >= 11 is 6.06. The van der Waals surface area contributed by atoms with Gasteiger partial charge in [0, 0.05) is 14.7 Å². The van der Waals surface area contributed by atoms with Crippen LogP contribution >= 0.6 is 11.6 Å². The molecule has 130 valence electrons. The van der Waals surface area contributed by atoms with Gasteiger partial charge in [-0.2, -0.15) is 0 Å². The van der Waals surface area contributed by atoms with Crippen molar-refractivity contribution in [1.82, 2.24) is 14.8 Å². The van der Waals surface area contributed by atoms with Gasteiger partial charge < -0.3 is 9.47 Å². The second kappa shape index (κ2) is 8.41. The summed E-state index contributed by atoms with van der Waals surface area (Å²) < 4.78 is 12.9. The molecule has 0 aliphatic rings. The van der Waals surface area contributed by atoms with Crippen molar-refractivity contribution in [3.8, 4) is 5.75 Å². The predicted molar refractivity (Wildman–Crippen MR) is 95.3 cm³/mol. The summed E-state index contributed by atoms with van der Waals surface area (Å²) in [5, 5.41) is 4.63. The molecule has 0 amide bonds. The molecule has 24 heavy (non-hydrogen) atoms. The molecule has 0 saturated heterocycles. The number of aldehydes is 1. The van der Waals surface area contributed by atoms with Crippen LogP contribution in [-0.2, 0) is 18.1 Å². The molecule has 0 bridgehead atoms. The van der Waals surface area contributed by atoms with E-state index < -0.39 is 8.07 Å². The van der Waals surface area contributed by atoms with Crippen LogP contribution in [0.2, 0.25) is 30.7 Å². The molecule has 0 aliphatic heterocycles. The van der Waals surface area contributed by atoms with Gasteiger partial charge in [0.05, 0.1) is 5.02 Å². The fraction of sp³-hybridized carbons (Fsp3) is 0.438. The Kier molecular flexibility index (Phi) is 6.53. The SMILES string of the molecule is C[Si](C)(C)CCOCn1nc(C=O)nc1COc1ccccc1Cl. The lowest BCUT2D eigenvalue weighted by Crippen LogP contribution is -2.22. The summed E-state index contributed by atoms with van der Waals surface area (Å²) in [6, 6.07) is 8.25. The van der Waals surface area contributed by atoms with E-state index in [1.165, 1.54) is 0 Å². The average Bonchev–Trinajstić information content (AvgIpc) is 2.92. The molecule has 0 atom stereocenters. The Hall–Kier alpha value is -1.70. The van der Waals surface area contributed by atoms with Gasteiger partial charge in [0.1, 0.15) is 19.1 Å². The van der Waals surface area contributed by atoms with Crippen molar-refractivity contribution in [3.05, 3.63) is 40.9 Å². The van der Waals surface area contributed by atoms with Crippen molar-refractivity contribution < 1.29 is 14.3 Å². The van der Waals surface area contributed by atoms with Gasteiger partial charge >= 0.3 is 0 Å². The molecule has 0 spiro atoms. The number of carbonyl (C=O) groups is 1. The van der Waals surface area contributed by atoms with Gasteiger partial charge in [-0.15, -0.1) is 5.10 Å². The number of halogens is 1. The number of hydrogen-bond acceptors (Lipinski definition) is 5. The van der Waals surface area contributed by atoms with Gasteiger partial charge in [-0.3, -0.25) is 4.79 Å². The molecular weight excluding hydrogens is 346 g/mol. The summed E-state index contributed by atoms with van der Waals surface area (Å²) in [6.07, 6.45) is 0.609. The van der Waals surface area contributed by atoms with Crippen molar-refractivity contribution >= 4 is 26.0 Å². The fourth-order valence-corrected chi connectivity index (χ4v) is 2.83. The summed E-state index contributed by atoms with van der Waals surface area (Å²) in [6.45, 7) is 7.93. The molecule has 8 heteroatoms. The Labute approximate surface area is 147 Å². The van der Waals surface area contributed by atoms with E-state index in [9.17, 15) is 4.79 Å². The Morgan fingerprint density at radius 3 is 2.71 bits per heavy atom. The highest BCUT2D eigenvalue weighted by atomic mass is 35.5. The molecular formula is C16H22ClN3O3Si. The van der Waals surface area contributed by atoms with Crippen LogP contribution in [0.25, 0.3) is 0 Å². The quantitative estimate of drug-likeness (QED) is 0.384. The second-order valence-corrected chi connectivity index (χ2v) is 12.6. The van der Waals surface area contributed by atoms with Crippen molar-refractivity contribution in [3.63, 3.8) is 0 Å². The highest BCUT2D eigenvalue weighted by molar-refractivity contribution is 6.76. The standard InChI is InChI=1S/C16H22ClN3O3Si/c1-24(2,3)9-8-22-12-20-16(18-15(10-21)19-20)11-23-14-7-5-4-6-13(14)17/h4-7,10H,8-9,11-12H2,1-3H3. The zero-order valence-corrected chi connectivity index (χ0v) is 15.9. The van der Waals surface area contributed by atoms with E-state index >= 15 is 0 Å². The van der Waals surface area contributed by atoms with E-state index in [-0.39, 0.29) is 19.2 Å². The lowest BCUT2D eigenvalue weighted by Gasteiger charge is -2.15. The van der Waals surface area contributed by atoms with E-state index in [1.807, 2.05) is 12.1 Å². The third-order valence-corrected chi connectivity index (χ3v) is 5.29. The maximum atomic E-state index is 10.9. The Balaban J connectivity index is 1.97. The van der Waals surface area contributed by atoms with Crippen LogP contribution in [0, 0.1) is 0 Å². The molecule has 0 radical (unpaired) electrons. The van der Waals surface area contributed by atoms with Crippen LogP contribution in [0.5, 0.6) is 5.75 Å². The van der Waals surface area contributed by atoms with Crippen LogP contribution in [0.3, 0.4) is 0 Å². The molecule has 0 fully saturated rings. The number of aromatic nitrogens is 3. The van der Waals surface area contributed by atoms with Crippen LogP contribution in [0.1, 0.15) is 16.4 Å². The number of nitrogens with zero attached hydrogens (tertiary/aromatic N) is 3. The van der Waals surface area contributed by atoms with E-state index in [1.54, 1.807) is 16.8 Å². The van der Waals surface area contributed by atoms with E-state index in [0.29, 0.717) is 29.5 Å². The smallest absolute Gasteiger partial charge is 0.214 e. The van der Waals surface area contributed by atoms with Crippen molar-refractivity contribution in [2.24, 2.45) is 0 Å². The second-order valence-electron chi connectivity index (χ2n) is 6.57. The molecule has 2 rings (SSSR count). The summed E-state index contributed by atoms with van der Waals surface area (Å²) in [5.74, 6) is 1.19. The predicted octanol–water partition coefficient (Wildman–Crippen LogP) is 3.64. The third-order valence-electron chi connectivity index (χ3n) is 3.27. The molecule has 1 aromatic carbocycles. The molecule has 6 nitrogen and oxygen atoms in total. The van der Waals surface area contributed by atoms with E-state index in [2.05, 4.69) is 29.7 Å². The van der Waals surface area contributed by atoms with Gasteiger partial charge in [0.25, 0.3) is 0 Å². The van der Waals surface area contributed by atoms with Crippen molar-refractivity contribution in [2.75, 3.05) is 6.61 Å². The molecule has 0 aliphatic carbocycles. The first kappa shape index (κ1) is 18.6. The summed E-state index contributed by atoms with van der Waals surface area (Å²) in [5.41, 5.74) is 0. The first-order valence-electron chi connectivity index (χ1n) is 7.73. The number of para-hydroxylation sites is 1. The highest BCUT2D eigenvalue weighted by Gasteiger charge is 2.14. The zero-order valence-electron chi connectivity index (χ0n) is 14.2. The van der Waals surface area contributed by atoms with Crippen molar-refractivity contribution in [1.29, 1.82) is 0 Å². The van der Waals surface area contributed by atoms with Crippen molar-refractivity contribution in [2.45, 2.75) is 39.0 Å². The van der Waals surface area contributed by atoms with Crippen LogP contribution in [0.4, 0.5) is 0 Å². The molecule has 1 aromatic heterocycles. The minimum Gasteiger partial charge on any atom is -0.484 e. The Bertz CT molecular complexity index is 685. The van der Waals surface area contributed by atoms with E-state index in [4.69, 9.17) is 21.1 Å². The number of carbonyl (C=O) groups excluding carboxylic acids is 1. The molecule has 2 aromatic rings. The summed E-state index contributed by atoms with van der Waals surface area (Å²) in [4.78, 5) is 15.1. The number of benzene rings is 1. The lowest BCUT2D eigenvalue weighted by atomic mass is 10.3. The first-order chi connectivity index (χ1) is 11.4. The topological polar surface area (TPSA) is 66.2 Å². The normalized spacial score (nSPS) is 11.5. The largest absolute Gasteiger partial charge is 0.484 e. The maximum Gasteiger partial charge on any atom is 0.214 e. The molecule has 0 unspecified atom stereocenters. The van der Waals surface area contributed by atoms with Gasteiger partial charge in [-0.1, -0.05) is 43.4 Å². The van der Waals surface area contributed by atoms with Gasteiger partial charge in [0.2, 0.25) is 5.82 Å². The Morgan fingerprint density at radius 2 is 2.04 bits per heavy atom. The average molecular weight is 368 g/mol. The van der Waals surface area contributed by atoms with Crippen LogP contribution in [0.15, 0.2) is 24.3 Å². The fourth-order valence-electron chi connectivity index (χ4n) is 1.89. The van der Waals surface area contributed by atoms with Gasteiger partial charge in [0.15, 0.2) is 12.1 Å². The third kappa shape index (κ3) is 5.74. The minimum absolute atomic E-state index is 0.113. The monoisotopic (exact) mass is 367 g/mol. The summed E-state index contributed by atoms with van der Waals surface area (Å²) in [7, 11) is -1.14. The van der Waals surface area contributed by atoms with Crippen LogP contribution in [-0.4, -0.2) is 35.7 Å². The number of rotatable bonds is 9. The van der Waals surface area contributed by atoms with Gasteiger partial charge in [-0.25, -0.2) is 9.67 Å². The lowest BCUT2D eigenvalue weighted by molar-refractivity contribution is 0.0731. The van der Waals surface area contributed by atoms with E-state index in [0.717, 1.165) is 6.04 Å². The molecule has 0 saturated carbocycles. The molecule has 0 N–H and O–H groups in total.